The Morgan fingerprint density at radius 3 is 0.647 bits per heavy atom. The highest BCUT2D eigenvalue weighted by Crippen LogP contribution is 2.15. The van der Waals surface area contributed by atoms with Crippen LogP contribution in [0.15, 0.2) is 146 Å². The molecule has 34 heavy (non-hydrogen) atoms. The van der Waals surface area contributed by atoms with Gasteiger partial charge >= 0.3 is 0 Å². The summed E-state index contributed by atoms with van der Waals surface area (Å²) in [5.41, 5.74) is 0. The fourth-order valence-corrected chi connectivity index (χ4v) is 12.7. The van der Waals surface area contributed by atoms with Crippen LogP contribution in [0.2, 0.25) is 0 Å². The summed E-state index contributed by atoms with van der Waals surface area (Å²) in [7, 11) is -5.35. The molecule has 0 saturated heterocycles. The van der Waals surface area contributed by atoms with Crippen molar-refractivity contribution in [2.24, 2.45) is 0 Å². The summed E-state index contributed by atoms with van der Waals surface area (Å²) in [5, 5.41) is 7.02. The third-order valence-electron chi connectivity index (χ3n) is 6.37. The van der Waals surface area contributed by atoms with Crippen molar-refractivity contribution in [2.45, 2.75) is 0 Å². The maximum absolute atomic E-state index is 7.63. The smallest absolute Gasteiger partial charge is 0.149 e. The zero-order valence-corrected chi connectivity index (χ0v) is 22.1. The van der Waals surface area contributed by atoms with E-state index in [0.717, 1.165) is 10.4 Å². The van der Waals surface area contributed by atoms with Gasteiger partial charge in [0.25, 0.3) is 0 Å². The van der Waals surface area contributed by atoms with Crippen molar-refractivity contribution in [3.63, 3.8) is 0 Å². The van der Waals surface area contributed by atoms with E-state index >= 15 is 0 Å². The number of hydrogen-bond donors (Lipinski definition) is 0. The Labute approximate surface area is 212 Å². The summed E-state index contributed by atoms with van der Waals surface area (Å²) in [4.78, 5) is 0. The van der Waals surface area contributed by atoms with E-state index in [2.05, 4.69) is 121 Å². The van der Waals surface area contributed by atoms with E-state index < -0.39 is 14.8 Å². The van der Waals surface area contributed by atoms with E-state index in [-0.39, 0.29) is 0 Å². The summed E-state index contributed by atoms with van der Waals surface area (Å²) < 4.78 is 0. The molecule has 0 spiro atoms. The van der Waals surface area contributed by atoms with E-state index in [0.29, 0.717) is 0 Å². The Hall–Kier alpha value is -2.89. The zero-order chi connectivity index (χ0) is 23.4. The van der Waals surface area contributed by atoms with Gasteiger partial charge in [-0.05, 0) is 31.1 Å². The highest BCUT2D eigenvalue weighted by molar-refractivity contribution is 7.41. The van der Waals surface area contributed by atoms with Crippen LogP contribution < -0.4 is 31.1 Å². The van der Waals surface area contributed by atoms with Crippen molar-refractivity contribution in [2.75, 3.05) is 0 Å². The second kappa shape index (κ2) is 9.77. The molecule has 0 aromatic heterocycles. The summed E-state index contributed by atoms with van der Waals surface area (Å²) in [6.45, 7) is 0. The minimum absolute atomic E-state index is 1.16. The van der Waals surface area contributed by atoms with Gasteiger partial charge in [0.1, 0.15) is 0 Å². The van der Waals surface area contributed by atoms with Crippen molar-refractivity contribution in [3.8, 4) is 0 Å². The maximum Gasteiger partial charge on any atom is 0.247 e. The van der Waals surface area contributed by atoms with Gasteiger partial charge < -0.3 is 0 Å². The molecule has 5 rings (SSSR count). The average Bonchev–Trinajstić information content (AvgIpc) is 2.94. The van der Waals surface area contributed by atoms with Crippen molar-refractivity contribution in [1.29, 1.82) is 0 Å². The summed E-state index contributed by atoms with van der Waals surface area (Å²) in [6, 6.07) is 50.7. The fraction of sp³-hybridized carbons (Fsp3) is 0. The molecule has 0 nitrogen and oxygen atoms in total. The molecule has 0 unspecified atom stereocenters. The molecule has 0 aliphatic rings. The normalized spacial score (nSPS) is 11.8. The first-order valence-corrected chi connectivity index (χ1v) is 17.4. The lowest BCUT2D eigenvalue weighted by molar-refractivity contribution is 1.70. The van der Waals surface area contributed by atoms with E-state index in [1.807, 2.05) is 24.3 Å². The molecule has 0 heterocycles. The number of hydrogen-bond acceptors (Lipinski definition) is 0. The van der Waals surface area contributed by atoms with Crippen LogP contribution in [-0.4, -0.2) is 14.8 Å². The van der Waals surface area contributed by atoms with Gasteiger partial charge in [-0.25, -0.2) is 0 Å². The molecule has 0 N–H and O–H groups in total. The van der Waals surface area contributed by atoms with Gasteiger partial charge in [-0.2, -0.15) is 0 Å². The second-order valence-corrected chi connectivity index (χ2v) is 17.9. The van der Waals surface area contributed by atoms with Crippen LogP contribution in [0.3, 0.4) is 0 Å². The molecule has 0 saturated carbocycles. The average molecular weight is 512 g/mol. The van der Waals surface area contributed by atoms with E-state index in [9.17, 15) is 0 Å². The van der Waals surface area contributed by atoms with E-state index in [1.54, 1.807) is 0 Å². The Balaban J connectivity index is 1.66. The number of halogens is 2. The Morgan fingerprint density at radius 1 is 0.265 bits per heavy atom. The lowest BCUT2D eigenvalue weighted by atomic mass is 10.3. The van der Waals surface area contributed by atoms with Gasteiger partial charge in [0.2, 0.25) is 14.8 Å². The first-order chi connectivity index (χ1) is 16.6. The van der Waals surface area contributed by atoms with Crippen molar-refractivity contribution in [3.05, 3.63) is 146 Å². The summed E-state index contributed by atoms with van der Waals surface area (Å²) >= 11 is 15.3. The fourth-order valence-electron chi connectivity index (χ4n) is 4.60. The van der Waals surface area contributed by atoms with Gasteiger partial charge in [0.05, 0.1) is 0 Å². The molecule has 0 atom stereocenters. The van der Waals surface area contributed by atoms with Crippen LogP contribution in [0.25, 0.3) is 0 Å². The highest BCUT2D eigenvalue weighted by atomic mass is 35.6. The lowest BCUT2D eigenvalue weighted by Gasteiger charge is -2.29. The zero-order valence-electron chi connectivity index (χ0n) is 18.6. The Kier molecular flexibility index (Phi) is 6.58. The summed E-state index contributed by atoms with van der Waals surface area (Å²) in [6.07, 6.45) is 0. The van der Waals surface area contributed by atoms with Crippen molar-refractivity contribution in [1.82, 2.24) is 0 Å². The molecular formula is C30H24Cl2Si2. The van der Waals surface area contributed by atoms with Gasteiger partial charge in [-0.3, -0.25) is 0 Å². The molecule has 5 aromatic carbocycles. The molecule has 166 valence electrons. The predicted molar refractivity (Wildman–Crippen MR) is 153 cm³/mol. The largest absolute Gasteiger partial charge is 0.247 e. The summed E-state index contributed by atoms with van der Waals surface area (Å²) in [5.74, 6) is 0. The molecule has 0 fully saturated rings. The SMILES string of the molecule is Cl[Si](c1ccccc1)(c1ccccc1)c1ccc([Si](Cl)(c2ccccc2)c2ccccc2)cc1. The Morgan fingerprint density at radius 2 is 0.441 bits per heavy atom. The maximum atomic E-state index is 7.63. The molecule has 5 aromatic rings. The van der Waals surface area contributed by atoms with Crippen molar-refractivity contribution < 1.29 is 0 Å². The molecule has 0 amide bonds. The standard InChI is InChI=1S/C30H24Cl2Si2/c31-33(25-13-5-1-6-14-25,26-15-7-2-8-16-26)29-21-23-30(24-22-29)34(32,27-17-9-3-10-18-27)28-19-11-4-12-20-28/h1-24H. The molecule has 0 aliphatic heterocycles. The van der Waals surface area contributed by atoms with Crippen LogP contribution in [0, 0.1) is 0 Å². The van der Waals surface area contributed by atoms with Crippen LogP contribution in [-0.2, 0) is 0 Å². The topological polar surface area (TPSA) is 0 Å². The minimum Gasteiger partial charge on any atom is -0.149 e. The Bertz CT molecular complexity index is 1150. The van der Waals surface area contributed by atoms with Crippen LogP contribution in [0.4, 0.5) is 0 Å². The number of rotatable bonds is 6. The van der Waals surface area contributed by atoms with Crippen molar-refractivity contribution >= 4 is 68.0 Å². The van der Waals surface area contributed by atoms with E-state index in [1.165, 1.54) is 20.7 Å². The van der Waals surface area contributed by atoms with E-state index in [4.69, 9.17) is 22.2 Å². The van der Waals surface area contributed by atoms with Gasteiger partial charge in [-0.1, -0.05) is 146 Å². The van der Waals surface area contributed by atoms with Gasteiger partial charge in [0.15, 0.2) is 0 Å². The second-order valence-electron chi connectivity index (χ2n) is 8.36. The molecule has 0 aliphatic carbocycles. The molecule has 0 radical (unpaired) electrons. The molecule has 0 bridgehead atoms. The third-order valence-corrected chi connectivity index (χ3v) is 17.1. The molecular weight excluding hydrogens is 487 g/mol. The monoisotopic (exact) mass is 510 g/mol. The first kappa shape index (κ1) is 22.9. The minimum atomic E-state index is -2.67. The van der Waals surface area contributed by atoms with Gasteiger partial charge in [-0.15, -0.1) is 22.2 Å². The van der Waals surface area contributed by atoms with Crippen LogP contribution in [0.5, 0.6) is 0 Å². The highest BCUT2D eigenvalue weighted by Gasteiger charge is 2.40. The predicted octanol–water partition coefficient (Wildman–Crippen LogP) is 4.10. The lowest BCUT2D eigenvalue weighted by Crippen LogP contribution is -2.65. The number of benzene rings is 5. The molecule has 4 heteroatoms. The van der Waals surface area contributed by atoms with Crippen LogP contribution >= 0.6 is 22.2 Å². The third kappa shape index (κ3) is 4.08. The quantitative estimate of drug-likeness (QED) is 0.183. The van der Waals surface area contributed by atoms with Crippen LogP contribution in [0.1, 0.15) is 0 Å². The first-order valence-electron chi connectivity index (χ1n) is 11.3. The van der Waals surface area contributed by atoms with Gasteiger partial charge in [0, 0.05) is 0 Å².